The molecule has 1 aliphatic heterocycles. The van der Waals surface area contributed by atoms with Gasteiger partial charge in [-0.3, -0.25) is 0 Å². The fraction of sp³-hybridized carbons (Fsp3) is 0.400. The molecule has 1 saturated heterocycles. The van der Waals surface area contributed by atoms with Crippen LogP contribution in [-0.2, 0) is 11.3 Å². The van der Waals surface area contributed by atoms with E-state index in [1.54, 1.807) is 0 Å². The summed E-state index contributed by atoms with van der Waals surface area (Å²) in [6, 6.07) is 9.54. The third-order valence-corrected chi connectivity index (χ3v) is 4.95. The van der Waals surface area contributed by atoms with Crippen LogP contribution in [0.2, 0.25) is 0 Å². The lowest BCUT2D eigenvalue weighted by Crippen LogP contribution is -2.45. The highest BCUT2D eigenvalue weighted by molar-refractivity contribution is 9.10. The molecule has 144 valence electrons. The molecule has 2 N–H and O–H groups in total. The van der Waals surface area contributed by atoms with Crippen LogP contribution in [0.1, 0.15) is 25.0 Å². The summed E-state index contributed by atoms with van der Waals surface area (Å²) in [6.07, 6.45) is 2.20. The summed E-state index contributed by atoms with van der Waals surface area (Å²) in [6.45, 7) is 8.20. The van der Waals surface area contributed by atoms with E-state index in [1.807, 2.05) is 43.5 Å². The number of benzene rings is 1. The number of urea groups is 1. The van der Waals surface area contributed by atoms with Crippen LogP contribution in [0.5, 0.6) is 0 Å². The van der Waals surface area contributed by atoms with Crippen molar-refractivity contribution in [1.29, 1.82) is 0 Å². The van der Waals surface area contributed by atoms with Crippen molar-refractivity contribution in [1.82, 2.24) is 10.3 Å². The summed E-state index contributed by atoms with van der Waals surface area (Å²) in [7, 11) is 0. The fourth-order valence-electron chi connectivity index (χ4n) is 3.15. The maximum absolute atomic E-state index is 12.2. The van der Waals surface area contributed by atoms with Crippen molar-refractivity contribution >= 4 is 33.5 Å². The standard InChI is InChI=1S/C20H25BrN4O2/c1-13-4-6-17(21)8-18(13)24-20(26)23-10-16-5-7-19(22-9-16)25-11-14(2)27-15(3)12-25/h4-9,14-15H,10-12H2,1-3H3,(H2,23,24,26). The Hall–Kier alpha value is -2.12. The summed E-state index contributed by atoms with van der Waals surface area (Å²) in [4.78, 5) is 18.9. The molecule has 2 amide bonds. The van der Waals surface area contributed by atoms with E-state index < -0.39 is 0 Å². The van der Waals surface area contributed by atoms with Gasteiger partial charge in [-0.15, -0.1) is 0 Å². The summed E-state index contributed by atoms with van der Waals surface area (Å²) < 4.78 is 6.69. The van der Waals surface area contributed by atoms with Gasteiger partial charge in [-0.05, 0) is 50.1 Å². The van der Waals surface area contributed by atoms with Crippen LogP contribution in [0.25, 0.3) is 0 Å². The SMILES string of the molecule is Cc1ccc(Br)cc1NC(=O)NCc1ccc(N2CC(C)OC(C)C2)nc1. The Balaban J connectivity index is 1.54. The molecule has 7 heteroatoms. The van der Waals surface area contributed by atoms with E-state index in [9.17, 15) is 4.79 Å². The Bertz CT molecular complexity index is 787. The van der Waals surface area contributed by atoms with Crippen LogP contribution in [0.3, 0.4) is 0 Å². The lowest BCUT2D eigenvalue weighted by atomic mass is 10.2. The number of rotatable bonds is 4. The first kappa shape index (κ1) is 19.6. The first-order chi connectivity index (χ1) is 12.9. The molecule has 6 nitrogen and oxygen atoms in total. The second kappa shape index (κ2) is 8.71. The van der Waals surface area contributed by atoms with Crippen molar-refractivity contribution in [2.24, 2.45) is 0 Å². The highest BCUT2D eigenvalue weighted by Crippen LogP contribution is 2.21. The van der Waals surface area contributed by atoms with E-state index in [1.165, 1.54) is 0 Å². The molecule has 2 heterocycles. The quantitative estimate of drug-likeness (QED) is 0.763. The molecule has 0 bridgehead atoms. The summed E-state index contributed by atoms with van der Waals surface area (Å²) in [5.41, 5.74) is 2.74. The highest BCUT2D eigenvalue weighted by Gasteiger charge is 2.22. The zero-order valence-electron chi connectivity index (χ0n) is 15.8. The fourth-order valence-corrected chi connectivity index (χ4v) is 3.51. The number of hydrogen-bond acceptors (Lipinski definition) is 4. The summed E-state index contributed by atoms with van der Waals surface area (Å²) >= 11 is 3.42. The van der Waals surface area contributed by atoms with E-state index in [0.29, 0.717) is 6.54 Å². The molecule has 0 saturated carbocycles. The molecule has 1 aromatic heterocycles. The summed E-state index contributed by atoms with van der Waals surface area (Å²) in [5, 5.41) is 5.74. The normalized spacial score (nSPS) is 19.6. The Kier molecular flexibility index (Phi) is 6.34. The van der Waals surface area contributed by atoms with E-state index >= 15 is 0 Å². The monoisotopic (exact) mass is 432 g/mol. The van der Waals surface area contributed by atoms with E-state index in [-0.39, 0.29) is 18.2 Å². The Morgan fingerprint density at radius 2 is 2.00 bits per heavy atom. The second-order valence-electron chi connectivity index (χ2n) is 6.95. The van der Waals surface area contributed by atoms with Gasteiger partial charge in [-0.2, -0.15) is 0 Å². The second-order valence-corrected chi connectivity index (χ2v) is 7.87. The molecule has 0 radical (unpaired) electrons. The number of carbonyl (C=O) groups is 1. The molecular formula is C20H25BrN4O2. The van der Waals surface area contributed by atoms with Crippen LogP contribution >= 0.6 is 15.9 Å². The van der Waals surface area contributed by atoms with Gasteiger partial charge in [0.2, 0.25) is 0 Å². The Morgan fingerprint density at radius 1 is 1.26 bits per heavy atom. The molecule has 0 aliphatic carbocycles. The van der Waals surface area contributed by atoms with Gasteiger partial charge >= 0.3 is 6.03 Å². The predicted molar refractivity (Wildman–Crippen MR) is 111 cm³/mol. The van der Waals surface area contributed by atoms with Gasteiger partial charge in [0.15, 0.2) is 0 Å². The van der Waals surface area contributed by atoms with Crippen molar-refractivity contribution in [2.45, 2.75) is 39.5 Å². The van der Waals surface area contributed by atoms with Crippen molar-refractivity contribution in [3.8, 4) is 0 Å². The van der Waals surface area contributed by atoms with Gasteiger partial charge in [0.05, 0.1) is 12.2 Å². The van der Waals surface area contributed by atoms with Crippen LogP contribution in [-0.4, -0.2) is 36.3 Å². The number of pyridine rings is 1. The number of nitrogens with one attached hydrogen (secondary N) is 2. The maximum Gasteiger partial charge on any atom is 0.319 e. The molecule has 2 atom stereocenters. The number of halogens is 1. The number of aromatic nitrogens is 1. The smallest absolute Gasteiger partial charge is 0.319 e. The van der Waals surface area contributed by atoms with Crippen molar-refractivity contribution < 1.29 is 9.53 Å². The lowest BCUT2D eigenvalue weighted by molar-refractivity contribution is -0.00546. The zero-order chi connectivity index (χ0) is 19.4. The zero-order valence-corrected chi connectivity index (χ0v) is 17.4. The number of nitrogens with zero attached hydrogens (tertiary/aromatic N) is 2. The minimum atomic E-state index is -0.240. The molecule has 27 heavy (non-hydrogen) atoms. The molecule has 2 aromatic rings. The first-order valence-electron chi connectivity index (χ1n) is 9.07. The number of ether oxygens (including phenoxy) is 1. The third kappa shape index (κ3) is 5.43. The van der Waals surface area contributed by atoms with Gasteiger partial charge < -0.3 is 20.3 Å². The number of amides is 2. The van der Waals surface area contributed by atoms with E-state index in [4.69, 9.17) is 4.74 Å². The number of carbonyl (C=O) groups excluding carboxylic acids is 1. The highest BCUT2D eigenvalue weighted by atomic mass is 79.9. The summed E-state index contributed by atoms with van der Waals surface area (Å²) in [5.74, 6) is 0.940. The van der Waals surface area contributed by atoms with Crippen LogP contribution < -0.4 is 15.5 Å². The van der Waals surface area contributed by atoms with Gasteiger partial charge in [0, 0.05) is 36.0 Å². The average Bonchev–Trinajstić information content (AvgIpc) is 2.63. The molecule has 1 fully saturated rings. The van der Waals surface area contributed by atoms with Crippen LogP contribution in [0.4, 0.5) is 16.3 Å². The van der Waals surface area contributed by atoms with Gasteiger partial charge in [-0.1, -0.05) is 28.1 Å². The number of aryl methyl sites for hydroxylation is 1. The molecular weight excluding hydrogens is 408 g/mol. The predicted octanol–water partition coefficient (Wildman–Crippen LogP) is 4.09. The van der Waals surface area contributed by atoms with Crippen LogP contribution in [0.15, 0.2) is 41.0 Å². The van der Waals surface area contributed by atoms with E-state index in [0.717, 1.165) is 40.2 Å². The van der Waals surface area contributed by atoms with Crippen molar-refractivity contribution in [2.75, 3.05) is 23.3 Å². The average molecular weight is 433 g/mol. The Morgan fingerprint density at radius 3 is 2.67 bits per heavy atom. The van der Waals surface area contributed by atoms with Gasteiger partial charge in [0.1, 0.15) is 5.82 Å². The van der Waals surface area contributed by atoms with Gasteiger partial charge in [0.25, 0.3) is 0 Å². The third-order valence-electron chi connectivity index (χ3n) is 4.45. The molecule has 3 rings (SSSR count). The van der Waals surface area contributed by atoms with Crippen molar-refractivity contribution in [3.63, 3.8) is 0 Å². The molecule has 2 unspecified atom stereocenters. The molecule has 1 aromatic carbocycles. The number of hydrogen-bond donors (Lipinski definition) is 2. The largest absolute Gasteiger partial charge is 0.372 e. The molecule has 0 spiro atoms. The lowest BCUT2D eigenvalue weighted by Gasteiger charge is -2.36. The minimum Gasteiger partial charge on any atom is -0.372 e. The van der Waals surface area contributed by atoms with Gasteiger partial charge in [-0.25, -0.2) is 9.78 Å². The minimum absolute atomic E-state index is 0.196. The maximum atomic E-state index is 12.2. The topological polar surface area (TPSA) is 66.5 Å². The van der Waals surface area contributed by atoms with Crippen LogP contribution in [0, 0.1) is 6.92 Å². The Labute approximate surface area is 168 Å². The number of morpholine rings is 1. The van der Waals surface area contributed by atoms with Crippen molar-refractivity contribution in [3.05, 3.63) is 52.1 Å². The number of anilines is 2. The van der Waals surface area contributed by atoms with E-state index in [2.05, 4.69) is 50.3 Å². The first-order valence-corrected chi connectivity index (χ1v) is 9.86. The molecule has 1 aliphatic rings.